The average molecular weight is 226 g/mol. The first-order chi connectivity index (χ1) is 7.68. The van der Waals surface area contributed by atoms with Gasteiger partial charge in [-0.05, 0) is 0 Å². The van der Waals surface area contributed by atoms with Gasteiger partial charge in [0.25, 0.3) is 0 Å². The maximum atomic E-state index is 11.2. The molecule has 1 aromatic rings. The Morgan fingerprint density at radius 1 is 1.56 bits per heavy atom. The fraction of sp³-hybridized carbons (Fsp3) is 0.444. The van der Waals surface area contributed by atoms with Gasteiger partial charge in [0, 0.05) is 24.9 Å². The molecule has 0 aromatic carbocycles. The number of ether oxygens (including phenoxy) is 1. The summed E-state index contributed by atoms with van der Waals surface area (Å²) < 4.78 is 4.43. The number of aromatic nitrogens is 2. The van der Waals surface area contributed by atoms with Crippen LogP contribution < -0.4 is 11.1 Å². The number of primary amides is 1. The molecule has 7 heteroatoms. The number of H-pyrrole nitrogens is 1. The standard InChI is InChI=1S/C9H14N4O3/c10-9(15)16-4-2-8(14)12-3-1-7-5-11-6-13-7/h5-6H,1-4H2,(H2,10,15)(H,11,13)(H,12,14). The van der Waals surface area contributed by atoms with E-state index < -0.39 is 6.09 Å². The maximum absolute atomic E-state index is 11.2. The van der Waals surface area contributed by atoms with E-state index in [9.17, 15) is 9.59 Å². The summed E-state index contributed by atoms with van der Waals surface area (Å²) in [6.45, 7) is 0.517. The molecule has 0 bridgehead atoms. The lowest BCUT2D eigenvalue weighted by Crippen LogP contribution is -2.27. The summed E-state index contributed by atoms with van der Waals surface area (Å²) in [5.74, 6) is -0.180. The lowest BCUT2D eigenvalue weighted by Gasteiger charge is -2.04. The third-order valence-corrected chi connectivity index (χ3v) is 1.84. The SMILES string of the molecule is NC(=O)OCCC(=O)NCCc1cnc[nH]1. The van der Waals surface area contributed by atoms with E-state index in [1.54, 1.807) is 12.5 Å². The molecular weight excluding hydrogens is 212 g/mol. The minimum Gasteiger partial charge on any atom is -0.449 e. The zero-order valence-electron chi connectivity index (χ0n) is 8.73. The van der Waals surface area contributed by atoms with Gasteiger partial charge in [0.2, 0.25) is 5.91 Å². The molecule has 0 fully saturated rings. The Bertz CT molecular complexity index is 337. The number of aromatic amines is 1. The zero-order valence-corrected chi connectivity index (χ0v) is 8.73. The Kier molecular flexibility index (Phi) is 4.84. The highest BCUT2D eigenvalue weighted by Crippen LogP contribution is 1.91. The van der Waals surface area contributed by atoms with Crippen LogP contribution in [0.2, 0.25) is 0 Å². The van der Waals surface area contributed by atoms with Crippen molar-refractivity contribution in [1.82, 2.24) is 15.3 Å². The normalized spacial score (nSPS) is 9.75. The second kappa shape index (κ2) is 6.44. The van der Waals surface area contributed by atoms with Gasteiger partial charge in [-0.3, -0.25) is 4.79 Å². The van der Waals surface area contributed by atoms with E-state index in [1.165, 1.54) is 0 Å². The first-order valence-electron chi connectivity index (χ1n) is 4.84. The molecule has 0 saturated carbocycles. The van der Waals surface area contributed by atoms with Gasteiger partial charge in [0.05, 0.1) is 12.7 Å². The summed E-state index contributed by atoms with van der Waals surface area (Å²) >= 11 is 0. The van der Waals surface area contributed by atoms with Crippen molar-refractivity contribution in [3.05, 3.63) is 18.2 Å². The highest BCUT2D eigenvalue weighted by Gasteiger charge is 2.02. The van der Waals surface area contributed by atoms with Crippen LogP contribution in [0.5, 0.6) is 0 Å². The second-order valence-electron chi connectivity index (χ2n) is 3.09. The highest BCUT2D eigenvalue weighted by atomic mass is 16.5. The van der Waals surface area contributed by atoms with E-state index in [0.29, 0.717) is 13.0 Å². The van der Waals surface area contributed by atoms with Crippen LogP contribution in [0, 0.1) is 0 Å². The molecule has 2 amide bonds. The summed E-state index contributed by atoms with van der Waals surface area (Å²) in [6.07, 6.45) is 3.21. The van der Waals surface area contributed by atoms with E-state index >= 15 is 0 Å². The number of nitrogens with zero attached hydrogens (tertiary/aromatic N) is 1. The third-order valence-electron chi connectivity index (χ3n) is 1.84. The maximum Gasteiger partial charge on any atom is 0.404 e. The fourth-order valence-electron chi connectivity index (χ4n) is 1.09. The minimum absolute atomic E-state index is 0.00518. The van der Waals surface area contributed by atoms with Crippen molar-refractivity contribution < 1.29 is 14.3 Å². The van der Waals surface area contributed by atoms with Gasteiger partial charge in [-0.1, -0.05) is 0 Å². The number of hydrogen-bond acceptors (Lipinski definition) is 4. The van der Waals surface area contributed by atoms with Crippen molar-refractivity contribution in [3.8, 4) is 0 Å². The van der Waals surface area contributed by atoms with Crippen molar-refractivity contribution in [3.63, 3.8) is 0 Å². The number of carbonyl (C=O) groups is 2. The molecule has 1 aromatic heterocycles. The third kappa shape index (κ3) is 4.99. The van der Waals surface area contributed by atoms with Gasteiger partial charge in [-0.2, -0.15) is 0 Å². The number of amides is 2. The monoisotopic (exact) mass is 226 g/mol. The van der Waals surface area contributed by atoms with Gasteiger partial charge in [-0.25, -0.2) is 9.78 Å². The van der Waals surface area contributed by atoms with Gasteiger partial charge >= 0.3 is 6.09 Å². The van der Waals surface area contributed by atoms with Crippen molar-refractivity contribution in [2.24, 2.45) is 5.73 Å². The molecule has 0 radical (unpaired) electrons. The van der Waals surface area contributed by atoms with E-state index in [1.807, 2.05) is 0 Å². The topological polar surface area (TPSA) is 110 Å². The molecule has 88 valence electrons. The van der Waals surface area contributed by atoms with Crippen molar-refractivity contribution in [2.45, 2.75) is 12.8 Å². The first-order valence-corrected chi connectivity index (χ1v) is 4.84. The number of rotatable bonds is 6. The highest BCUT2D eigenvalue weighted by molar-refractivity contribution is 5.76. The molecule has 0 aliphatic heterocycles. The average Bonchev–Trinajstić information content (AvgIpc) is 2.70. The predicted molar refractivity (Wildman–Crippen MR) is 55.5 cm³/mol. The molecule has 0 aliphatic rings. The first kappa shape index (κ1) is 12.0. The number of hydrogen-bond donors (Lipinski definition) is 3. The Hall–Kier alpha value is -2.05. The Morgan fingerprint density at radius 2 is 2.38 bits per heavy atom. The summed E-state index contributed by atoms with van der Waals surface area (Å²) in [5.41, 5.74) is 5.69. The number of nitrogens with one attached hydrogen (secondary N) is 2. The smallest absolute Gasteiger partial charge is 0.404 e. The van der Waals surface area contributed by atoms with E-state index in [4.69, 9.17) is 5.73 Å². The van der Waals surface area contributed by atoms with E-state index in [0.717, 1.165) is 5.69 Å². The van der Waals surface area contributed by atoms with Crippen LogP contribution in [0.25, 0.3) is 0 Å². The van der Waals surface area contributed by atoms with Crippen LogP contribution in [0.3, 0.4) is 0 Å². The van der Waals surface area contributed by atoms with E-state index in [2.05, 4.69) is 20.0 Å². The molecule has 0 spiro atoms. The molecule has 0 unspecified atom stereocenters. The Morgan fingerprint density at radius 3 is 3.00 bits per heavy atom. The molecule has 16 heavy (non-hydrogen) atoms. The molecule has 0 aliphatic carbocycles. The van der Waals surface area contributed by atoms with Crippen LogP contribution in [-0.4, -0.2) is 35.1 Å². The molecule has 7 nitrogen and oxygen atoms in total. The summed E-state index contributed by atoms with van der Waals surface area (Å²) in [7, 11) is 0. The van der Waals surface area contributed by atoms with Gasteiger partial charge in [0.1, 0.15) is 6.61 Å². The van der Waals surface area contributed by atoms with Crippen LogP contribution >= 0.6 is 0 Å². The van der Waals surface area contributed by atoms with Gasteiger partial charge in [-0.15, -0.1) is 0 Å². The summed E-state index contributed by atoms with van der Waals surface area (Å²) in [6, 6.07) is 0. The summed E-state index contributed by atoms with van der Waals surface area (Å²) in [5, 5.41) is 2.68. The van der Waals surface area contributed by atoms with Crippen LogP contribution in [0.15, 0.2) is 12.5 Å². The van der Waals surface area contributed by atoms with Gasteiger partial charge in [0.15, 0.2) is 0 Å². The van der Waals surface area contributed by atoms with Crippen LogP contribution in [-0.2, 0) is 16.0 Å². The summed E-state index contributed by atoms with van der Waals surface area (Å²) in [4.78, 5) is 28.2. The van der Waals surface area contributed by atoms with E-state index in [-0.39, 0.29) is 18.9 Å². The molecule has 0 atom stereocenters. The molecule has 1 rings (SSSR count). The van der Waals surface area contributed by atoms with Crippen molar-refractivity contribution in [2.75, 3.05) is 13.2 Å². The van der Waals surface area contributed by atoms with Crippen LogP contribution in [0.1, 0.15) is 12.1 Å². The molecule has 1 heterocycles. The van der Waals surface area contributed by atoms with Gasteiger partial charge < -0.3 is 20.8 Å². The van der Waals surface area contributed by atoms with Crippen LogP contribution in [0.4, 0.5) is 4.79 Å². The second-order valence-corrected chi connectivity index (χ2v) is 3.09. The minimum atomic E-state index is -0.870. The number of nitrogens with two attached hydrogens (primary N) is 1. The Labute approximate surface area is 92.4 Å². The van der Waals surface area contributed by atoms with Crippen molar-refractivity contribution in [1.29, 1.82) is 0 Å². The zero-order chi connectivity index (χ0) is 11.8. The molecular formula is C9H14N4O3. The quantitative estimate of drug-likeness (QED) is 0.610. The molecule has 0 saturated heterocycles. The largest absolute Gasteiger partial charge is 0.449 e. The Balaban J connectivity index is 2.04. The van der Waals surface area contributed by atoms with Crippen molar-refractivity contribution >= 4 is 12.0 Å². The molecule has 4 N–H and O–H groups in total. The predicted octanol–water partition coefficient (Wildman–Crippen LogP) is -0.446. The fourth-order valence-corrected chi connectivity index (χ4v) is 1.09. The number of carbonyl (C=O) groups excluding carboxylic acids is 2. The lowest BCUT2D eigenvalue weighted by atomic mass is 10.3. The lowest BCUT2D eigenvalue weighted by molar-refractivity contribution is -0.121. The number of imidazole rings is 1.